The largest absolute Gasteiger partial charge is 0.480 e. The Hall–Kier alpha value is -0.830. The van der Waals surface area contributed by atoms with Gasteiger partial charge in [0.2, 0.25) is 0 Å². The monoisotopic (exact) mass is 185 g/mol. The molecule has 1 atom stereocenters. The van der Waals surface area contributed by atoms with Crippen LogP contribution in [-0.4, -0.2) is 23.2 Å². The van der Waals surface area contributed by atoms with Gasteiger partial charge >= 0.3 is 5.97 Å². The summed E-state index contributed by atoms with van der Waals surface area (Å²) in [6.45, 7) is 8.16. The number of carbonyl (C=O) groups is 1. The topological polar surface area (TPSA) is 49.3 Å². The van der Waals surface area contributed by atoms with Gasteiger partial charge in [-0.2, -0.15) is 0 Å². The van der Waals surface area contributed by atoms with Crippen LogP contribution in [-0.2, 0) is 4.79 Å². The second kappa shape index (κ2) is 5.02. The van der Waals surface area contributed by atoms with Crippen LogP contribution in [0.4, 0.5) is 0 Å². The van der Waals surface area contributed by atoms with Gasteiger partial charge in [-0.15, -0.1) is 0 Å². The van der Waals surface area contributed by atoms with Gasteiger partial charge in [0.05, 0.1) is 0 Å². The summed E-state index contributed by atoms with van der Waals surface area (Å²) in [5.74, 6) is -0.794. The predicted octanol–water partition coefficient (Wildman–Crippen LogP) is 1.80. The lowest BCUT2D eigenvalue weighted by atomic mass is 9.99. The summed E-state index contributed by atoms with van der Waals surface area (Å²) in [6, 6.07) is 0. The van der Waals surface area contributed by atoms with Gasteiger partial charge in [0, 0.05) is 6.54 Å². The highest BCUT2D eigenvalue weighted by atomic mass is 16.4. The molecule has 0 rings (SSSR count). The zero-order valence-corrected chi connectivity index (χ0v) is 8.85. The van der Waals surface area contributed by atoms with E-state index in [0.29, 0.717) is 13.0 Å². The molecule has 0 aromatic carbocycles. The van der Waals surface area contributed by atoms with E-state index in [0.717, 1.165) is 0 Å². The van der Waals surface area contributed by atoms with Gasteiger partial charge in [-0.25, -0.2) is 0 Å². The van der Waals surface area contributed by atoms with Crippen molar-refractivity contribution in [1.29, 1.82) is 0 Å². The van der Waals surface area contributed by atoms with Gasteiger partial charge in [0.1, 0.15) is 5.54 Å². The molecule has 0 radical (unpaired) electrons. The van der Waals surface area contributed by atoms with Crippen LogP contribution < -0.4 is 5.32 Å². The van der Waals surface area contributed by atoms with Crippen LogP contribution in [0.3, 0.4) is 0 Å². The fourth-order valence-electron chi connectivity index (χ4n) is 0.832. The first-order valence-electron chi connectivity index (χ1n) is 4.54. The van der Waals surface area contributed by atoms with Gasteiger partial charge in [0.15, 0.2) is 0 Å². The smallest absolute Gasteiger partial charge is 0.323 e. The quantitative estimate of drug-likeness (QED) is 0.642. The number of hydrogen-bond acceptors (Lipinski definition) is 2. The second-order valence-electron chi connectivity index (χ2n) is 3.65. The van der Waals surface area contributed by atoms with Crippen molar-refractivity contribution in [2.45, 2.75) is 39.7 Å². The molecule has 13 heavy (non-hydrogen) atoms. The molecule has 2 N–H and O–H groups in total. The molecule has 0 bridgehead atoms. The Bertz CT molecular complexity index is 207. The van der Waals surface area contributed by atoms with E-state index in [9.17, 15) is 4.79 Å². The number of carboxylic acids is 1. The summed E-state index contributed by atoms with van der Waals surface area (Å²) in [4.78, 5) is 10.8. The lowest BCUT2D eigenvalue weighted by Gasteiger charge is -2.23. The van der Waals surface area contributed by atoms with Gasteiger partial charge in [-0.05, 0) is 27.2 Å². The SMILES string of the molecule is CCC(C)(NCC=C(C)C)C(=O)O. The molecule has 0 amide bonds. The Kier molecular flexibility index (Phi) is 4.70. The van der Waals surface area contributed by atoms with E-state index < -0.39 is 11.5 Å². The molecule has 0 aliphatic carbocycles. The van der Waals surface area contributed by atoms with Crippen LogP contribution >= 0.6 is 0 Å². The lowest BCUT2D eigenvalue weighted by Crippen LogP contribution is -2.49. The van der Waals surface area contributed by atoms with Gasteiger partial charge in [0.25, 0.3) is 0 Å². The number of aliphatic carboxylic acids is 1. The van der Waals surface area contributed by atoms with E-state index in [1.807, 2.05) is 26.8 Å². The number of nitrogens with one attached hydrogen (secondary N) is 1. The predicted molar refractivity (Wildman–Crippen MR) is 53.8 cm³/mol. The summed E-state index contributed by atoms with van der Waals surface area (Å²) >= 11 is 0. The zero-order chi connectivity index (χ0) is 10.5. The summed E-state index contributed by atoms with van der Waals surface area (Å²) in [6.07, 6.45) is 2.57. The average molecular weight is 185 g/mol. The standard InChI is InChI=1S/C10H19NO2/c1-5-10(4,9(12)13)11-7-6-8(2)3/h6,11H,5,7H2,1-4H3,(H,12,13). The molecule has 76 valence electrons. The molecule has 0 saturated heterocycles. The van der Waals surface area contributed by atoms with Crippen molar-refractivity contribution in [3.63, 3.8) is 0 Å². The van der Waals surface area contributed by atoms with E-state index in [1.54, 1.807) is 6.92 Å². The minimum atomic E-state index is -0.800. The molecule has 3 nitrogen and oxygen atoms in total. The summed E-state index contributed by atoms with van der Waals surface area (Å²) < 4.78 is 0. The van der Waals surface area contributed by atoms with E-state index in [2.05, 4.69) is 5.32 Å². The maximum absolute atomic E-state index is 10.8. The third-order valence-corrected chi connectivity index (χ3v) is 2.18. The molecule has 0 saturated carbocycles. The van der Waals surface area contributed by atoms with E-state index in [-0.39, 0.29) is 0 Å². The van der Waals surface area contributed by atoms with Crippen LogP contribution in [0.15, 0.2) is 11.6 Å². The summed E-state index contributed by atoms with van der Waals surface area (Å²) in [5, 5.41) is 11.9. The highest BCUT2D eigenvalue weighted by Gasteiger charge is 2.29. The number of carboxylic acid groups (broad SMARTS) is 1. The van der Waals surface area contributed by atoms with Gasteiger partial charge < -0.3 is 5.11 Å². The number of rotatable bonds is 5. The maximum atomic E-state index is 10.8. The normalized spacial score (nSPS) is 14.8. The third kappa shape index (κ3) is 4.08. The molecule has 1 unspecified atom stereocenters. The third-order valence-electron chi connectivity index (χ3n) is 2.18. The minimum Gasteiger partial charge on any atom is -0.480 e. The van der Waals surface area contributed by atoms with Crippen LogP contribution in [0.5, 0.6) is 0 Å². The van der Waals surface area contributed by atoms with Crippen molar-refractivity contribution in [3.8, 4) is 0 Å². The Morgan fingerprint density at radius 2 is 2.08 bits per heavy atom. The molecular weight excluding hydrogens is 166 g/mol. The van der Waals surface area contributed by atoms with Crippen LogP contribution in [0.2, 0.25) is 0 Å². The average Bonchev–Trinajstić information content (AvgIpc) is 2.03. The Labute approximate surface area is 79.8 Å². The van der Waals surface area contributed by atoms with Crippen LogP contribution in [0.1, 0.15) is 34.1 Å². The summed E-state index contributed by atoms with van der Waals surface area (Å²) in [5.41, 5.74) is 0.391. The van der Waals surface area contributed by atoms with Crippen molar-refractivity contribution in [3.05, 3.63) is 11.6 Å². The first-order chi connectivity index (χ1) is 5.92. The van der Waals surface area contributed by atoms with Crippen LogP contribution in [0.25, 0.3) is 0 Å². The fourth-order valence-corrected chi connectivity index (χ4v) is 0.832. The first-order valence-corrected chi connectivity index (χ1v) is 4.54. The van der Waals surface area contributed by atoms with Gasteiger partial charge in [-0.3, -0.25) is 10.1 Å². The molecule has 0 aromatic heterocycles. The Morgan fingerprint density at radius 1 is 1.54 bits per heavy atom. The van der Waals surface area contributed by atoms with Gasteiger partial charge in [-0.1, -0.05) is 18.6 Å². The number of hydrogen-bond donors (Lipinski definition) is 2. The van der Waals surface area contributed by atoms with E-state index in [4.69, 9.17) is 5.11 Å². The highest BCUT2D eigenvalue weighted by Crippen LogP contribution is 2.08. The molecule has 0 heterocycles. The highest BCUT2D eigenvalue weighted by molar-refractivity contribution is 5.78. The van der Waals surface area contributed by atoms with Crippen molar-refractivity contribution in [2.24, 2.45) is 0 Å². The number of allylic oxidation sites excluding steroid dienone is 1. The molecule has 0 aliphatic heterocycles. The molecule has 0 fully saturated rings. The van der Waals surface area contributed by atoms with Crippen molar-refractivity contribution in [2.75, 3.05) is 6.54 Å². The Morgan fingerprint density at radius 3 is 2.38 bits per heavy atom. The molecule has 3 heteroatoms. The maximum Gasteiger partial charge on any atom is 0.323 e. The van der Waals surface area contributed by atoms with Crippen molar-refractivity contribution >= 4 is 5.97 Å². The second-order valence-corrected chi connectivity index (χ2v) is 3.65. The van der Waals surface area contributed by atoms with Crippen molar-refractivity contribution < 1.29 is 9.90 Å². The minimum absolute atomic E-state index is 0.582. The molecule has 0 aromatic rings. The van der Waals surface area contributed by atoms with Crippen LogP contribution in [0, 0.1) is 0 Å². The summed E-state index contributed by atoms with van der Waals surface area (Å²) in [7, 11) is 0. The molecule has 0 aliphatic rings. The zero-order valence-electron chi connectivity index (χ0n) is 8.85. The molecule has 0 spiro atoms. The fraction of sp³-hybridized carbons (Fsp3) is 0.700. The van der Waals surface area contributed by atoms with Crippen molar-refractivity contribution in [1.82, 2.24) is 5.32 Å². The van der Waals surface area contributed by atoms with E-state index in [1.165, 1.54) is 5.57 Å². The Balaban J connectivity index is 4.14. The molecular formula is C10H19NO2. The lowest BCUT2D eigenvalue weighted by molar-refractivity contribution is -0.144. The van der Waals surface area contributed by atoms with E-state index >= 15 is 0 Å². The first kappa shape index (κ1) is 12.2.